The second-order valence-electron chi connectivity index (χ2n) is 12.4. The highest BCUT2D eigenvalue weighted by Crippen LogP contribution is 2.40. The van der Waals surface area contributed by atoms with Crippen molar-refractivity contribution in [3.8, 4) is 17.1 Å². The van der Waals surface area contributed by atoms with Gasteiger partial charge in [-0.1, -0.05) is 19.9 Å². The number of amides is 2. The van der Waals surface area contributed by atoms with Crippen molar-refractivity contribution < 1.29 is 33.7 Å². The number of hydrogen-bond donors (Lipinski definition) is 1. The first-order chi connectivity index (χ1) is 20.8. The lowest BCUT2D eigenvalue weighted by atomic mass is 9.86. The van der Waals surface area contributed by atoms with Crippen LogP contribution in [0.4, 0.5) is 9.59 Å². The number of ether oxygens (including phenoxy) is 3. The molecule has 3 aliphatic heterocycles. The fourth-order valence-electron chi connectivity index (χ4n) is 6.03. The predicted octanol–water partition coefficient (Wildman–Crippen LogP) is 3.69. The Kier molecular flexibility index (Phi) is 7.15. The van der Waals surface area contributed by atoms with Crippen LogP contribution in [0.25, 0.3) is 22.3 Å². The zero-order chi connectivity index (χ0) is 31.6. The van der Waals surface area contributed by atoms with Crippen LogP contribution in [0.1, 0.15) is 63.3 Å². The number of piperazine rings is 1. The number of aryl methyl sites for hydroxylation is 1. The highest BCUT2D eigenvalue weighted by atomic mass is 16.6. The minimum absolute atomic E-state index is 0.0600. The zero-order valence-electron chi connectivity index (χ0n) is 25.6. The smallest absolute Gasteiger partial charge is 0.415 e. The molecule has 5 heterocycles. The lowest BCUT2D eigenvalue weighted by Crippen LogP contribution is -2.52. The molecule has 0 bridgehead atoms. The Morgan fingerprint density at radius 2 is 1.73 bits per heavy atom. The van der Waals surface area contributed by atoms with Crippen LogP contribution >= 0.6 is 0 Å². The van der Waals surface area contributed by atoms with Gasteiger partial charge in [-0.2, -0.15) is 0 Å². The van der Waals surface area contributed by atoms with E-state index < -0.39 is 29.4 Å². The van der Waals surface area contributed by atoms with E-state index in [4.69, 9.17) is 19.2 Å². The summed E-state index contributed by atoms with van der Waals surface area (Å²) in [6.45, 7) is 10.4. The van der Waals surface area contributed by atoms with E-state index in [0.717, 1.165) is 11.1 Å². The van der Waals surface area contributed by atoms with Gasteiger partial charge < -0.3 is 33.7 Å². The number of esters is 1. The van der Waals surface area contributed by atoms with Gasteiger partial charge in [0.2, 0.25) is 0 Å². The Bertz CT molecular complexity index is 1770. The molecule has 44 heavy (non-hydrogen) atoms. The molecule has 0 aliphatic carbocycles. The van der Waals surface area contributed by atoms with Crippen molar-refractivity contribution in [2.45, 2.75) is 71.8 Å². The first-order valence-corrected chi connectivity index (χ1v) is 14.9. The summed E-state index contributed by atoms with van der Waals surface area (Å²) >= 11 is 0. The lowest BCUT2D eigenvalue weighted by Gasteiger charge is -2.35. The van der Waals surface area contributed by atoms with E-state index in [1.54, 1.807) is 33.4 Å². The maximum atomic E-state index is 13.5. The van der Waals surface area contributed by atoms with Crippen molar-refractivity contribution >= 4 is 29.1 Å². The largest absolute Gasteiger partial charge is 0.458 e. The van der Waals surface area contributed by atoms with Crippen LogP contribution in [0.15, 0.2) is 29.1 Å². The van der Waals surface area contributed by atoms with Gasteiger partial charge in [-0.05, 0) is 57.4 Å². The maximum absolute atomic E-state index is 13.5. The first kappa shape index (κ1) is 29.6. The quantitative estimate of drug-likeness (QED) is 0.347. The molecule has 0 radical (unpaired) electrons. The zero-order valence-corrected chi connectivity index (χ0v) is 25.6. The van der Waals surface area contributed by atoms with Gasteiger partial charge in [-0.25, -0.2) is 19.4 Å². The van der Waals surface area contributed by atoms with Crippen LogP contribution in [0.2, 0.25) is 0 Å². The number of pyridine rings is 2. The second kappa shape index (κ2) is 10.6. The van der Waals surface area contributed by atoms with Gasteiger partial charge in [0.1, 0.15) is 18.0 Å². The van der Waals surface area contributed by atoms with Crippen molar-refractivity contribution in [2.24, 2.45) is 0 Å². The number of hydrogen-bond acceptors (Lipinski definition) is 9. The van der Waals surface area contributed by atoms with Crippen LogP contribution in [-0.4, -0.2) is 74.4 Å². The topological polar surface area (TPSA) is 140 Å². The van der Waals surface area contributed by atoms with Crippen LogP contribution < -0.4 is 10.3 Å². The first-order valence-electron chi connectivity index (χ1n) is 14.9. The van der Waals surface area contributed by atoms with Crippen molar-refractivity contribution in [2.75, 3.05) is 26.2 Å². The van der Waals surface area contributed by atoms with Gasteiger partial charge in [0.05, 0.1) is 29.0 Å². The van der Waals surface area contributed by atoms with Crippen LogP contribution in [0.3, 0.4) is 0 Å². The molecule has 1 fully saturated rings. The molecule has 12 nitrogen and oxygen atoms in total. The number of fused-ring (bicyclic) bond motifs is 5. The minimum Gasteiger partial charge on any atom is -0.458 e. The molecule has 0 unspecified atom stereocenters. The normalized spacial score (nSPS) is 19.3. The summed E-state index contributed by atoms with van der Waals surface area (Å²) in [5.74, 6) is -0.429. The Hall–Kier alpha value is -4.45. The summed E-state index contributed by atoms with van der Waals surface area (Å²) in [4.78, 5) is 59.8. The van der Waals surface area contributed by atoms with Crippen molar-refractivity contribution in [1.29, 1.82) is 0 Å². The fraction of sp³-hybridized carbons (Fsp3) is 0.469. The van der Waals surface area contributed by atoms with Gasteiger partial charge in [-0.15, -0.1) is 0 Å². The van der Waals surface area contributed by atoms with E-state index in [1.807, 2.05) is 39.8 Å². The van der Waals surface area contributed by atoms with Gasteiger partial charge in [0.15, 0.2) is 5.60 Å². The van der Waals surface area contributed by atoms with Crippen LogP contribution in [0, 0.1) is 0 Å². The average molecular weight is 605 g/mol. The molecule has 1 saturated heterocycles. The summed E-state index contributed by atoms with van der Waals surface area (Å²) < 4.78 is 18.1. The molecule has 0 spiro atoms. The molecule has 2 amide bonds. The van der Waals surface area contributed by atoms with E-state index >= 15 is 0 Å². The molecule has 3 aliphatic rings. The van der Waals surface area contributed by atoms with E-state index in [9.17, 15) is 24.3 Å². The molecular weight excluding hydrogens is 568 g/mol. The predicted molar refractivity (Wildman–Crippen MR) is 159 cm³/mol. The SMILES string of the molecule is CCc1ccc(OC(=O)N2CCN(C(=O)OC(C)(C)C)CC2)c2cc3c(nc12)-c1cc2c(c(=O)n1C3)COC(=O)[C@]2(O)CC. The number of rotatable bonds is 3. The minimum atomic E-state index is -1.91. The molecule has 1 atom stereocenters. The maximum Gasteiger partial charge on any atom is 0.415 e. The molecule has 6 rings (SSSR count). The Balaban J connectivity index is 1.31. The fourth-order valence-corrected chi connectivity index (χ4v) is 6.03. The number of carbonyl (C=O) groups excluding carboxylic acids is 3. The van der Waals surface area contributed by atoms with Crippen LogP contribution in [-0.2, 0) is 39.4 Å². The summed E-state index contributed by atoms with van der Waals surface area (Å²) in [7, 11) is 0. The molecule has 12 heteroatoms. The summed E-state index contributed by atoms with van der Waals surface area (Å²) in [6, 6.07) is 7.18. The highest BCUT2D eigenvalue weighted by Gasteiger charge is 2.45. The number of cyclic esters (lactones) is 1. The average Bonchev–Trinajstić information content (AvgIpc) is 3.35. The van der Waals surface area contributed by atoms with Crippen LogP contribution in [0.5, 0.6) is 5.75 Å². The molecule has 0 saturated carbocycles. The lowest BCUT2D eigenvalue weighted by molar-refractivity contribution is -0.172. The molecule has 232 valence electrons. The standard InChI is InChI=1S/C32H36N4O8/c1-6-18-8-9-24(43-29(39)34-10-12-35(13-11-34)30(40)44-31(3,4)5)20-14-19-16-36-23(26(19)33-25(18)20)15-22-21(27(36)37)17-42-28(38)32(22,41)7-2/h8-9,14-15,41H,6-7,10-13,16-17H2,1-5H3/t32-/m0/s1. The number of aromatic nitrogens is 2. The molecule has 3 aromatic rings. The van der Waals surface area contributed by atoms with E-state index in [2.05, 4.69) is 0 Å². The molecule has 1 N–H and O–H groups in total. The summed E-state index contributed by atoms with van der Waals surface area (Å²) in [6.07, 6.45) is -0.215. The van der Waals surface area contributed by atoms with Gasteiger partial charge in [0, 0.05) is 42.7 Å². The highest BCUT2D eigenvalue weighted by molar-refractivity contribution is 5.93. The summed E-state index contributed by atoms with van der Waals surface area (Å²) in [5, 5.41) is 11.8. The summed E-state index contributed by atoms with van der Waals surface area (Å²) in [5.41, 5.74) is 1.07. The number of benzene rings is 1. The van der Waals surface area contributed by atoms with Gasteiger partial charge in [0.25, 0.3) is 5.56 Å². The van der Waals surface area contributed by atoms with Crippen molar-refractivity contribution in [3.63, 3.8) is 0 Å². The second-order valence-corrected chi connectivity index (χ2v) is 12.4. The molecule has 2 aromatic heterocycles. The Morgan fingerprint density at radius 3 is 2.36 bits per heavy atom. The van der Waals surface area contributed by atoms with E-state index in [0.29, 0.717) is 60.6 Å². The Morgan fingerprint density at radius 1 is 1.05 bits per heavy atom. The third-order valence-electron chi connectivity index (χ3n) is 8.49. The third-order valence-corrected chi connectivity index (χ3v) is 8.49. The number of nitrogens with zero attached hydrogens (tertiary/aromatic N) is 4. The number of carbonyl (C=O) groups is 3. The van der Waals surface area contributed by atoms with Crippen molar-refractivity contribution in [3.05, 3.63) is 56.9 Å². The third kappa shape index (κ3) is 4.86. The van der Waals surface area contributed by atoms with Crippen molar-refractivity contribution in [1.82, 2.24) is 19.4 Å². The van der Waals surface area contributed by atoms with Gasteiger partial charge >= 0.3 is 18.2 Å². The van der Waals surface area contributed by atoms with E-state index in [1.165, 1.54) is 0 Å². The molecular formula is C32H36N4O8. The van der Waals surface area contributed by atoms with Gasteiger partial charge in [-0.3, -0.25) is 4.79 Å². The Labute approximate surface area is 254 Å². The monoisotopic (exact) mass is 604 g/mol. The van der Waals surface area contributed by atoms with E-state index in [-0.39, 0.29) is 36.3 Å². The molecule has 1 aromatic carbocycles. The number of aliphatic hydroxyl groups is 1.